The number of carbonyl (C=O) groups is 2. The van der Waals surface area contributed by atoms with Crippen molar-refractivity contribution in [2.24, 2.45) is 10.9 Å². The zero-order valence-corrected chi connectivity index (χ0v) is 15.0. The third-order valence-corrected chi connectivity index (χ3v) is 3.89. The fourth-order valence-electron chi connectivity index (χ4n) is 2.84. The SMILES string of the molecule is CN=C(NCC(=O)NC(C)C)NC1CCCC(C(=O)N(C)C)C1. The van der Waals surface area contributed by atoms with Gasteiger partial charge in [-0.25, -0.2) is 0 Å². The van der Waals surface area contributed by atoms with Gasteiger partial charge in [-0.3, -0.25) is 14.6 Å². The molecule has 2 unspecified atom stereocenters. The molecule has 3 N–H and O–H groups in total. The second-order valence-corrected chi connectivity index (χ2v) is 6.59. The highest BCUT2D eigenvalue weighted by Crippen LogP contribution is 2.25. The number of guanidine groups is 1. The molecule has 1 saturated carbocycles. The van der Waals surface area contributed by atoms with Crippen LogP contribution in [0.4, 0.5) is 0 Å². The van der Waals surface area contributed by atoms with Crippen LogP contribution < -0.4 is 16.0 Å². The largest absolute Gasteiger partial charge is 0.354 e. The van der Waals surface area contributed by atoms with E-state index in [9.17, 15) is 9.59 Å². The van der Waals surface area contributed by atoms with Crippen molar-refractivity contribution in [2.45, 2.75) is 51.6 Å². The average molecular weight is 325 g/mol. The van der Waals surface area contributed by atoms with E-state index >= 15 is 0 Å². The van der Waals surface area contributed by atoms with Gasteiger partial charge in [-0.1, -0.05) is 6.42 Å². The summed E-state index contributed by atoms with van der Waals surface area (Å²) < 4.78 is 0. The van der Waals surface area contributed by atoms with Crippen molar-refractivity contribution < 1.29 is 9.59 Å². The van der Waals surface area contributed by atoms with Crippen LogP contribution in [-0.2, 0) is 9.59 Å². The van der Waals surface area contributed by atoms with Crippen molar-refractivity contribution >= 4 is 17.8 Å². The van der Waals surface area contributed by atoms with Gasteiger partial charge < -0.3 is 20.9 Å². The molecule has 2 atom stereocenters. The van der Waals surface area contributed by atoms with Gasteiger partial charge in [0.25, 0.3) is 0 Å². The van der Waals surface area contributed by atoms with Gasteiger partial charge in [-0.05, 0) is 33.1 Å². The lowest BCUT2D eigenvalue weighted by molar-refractivity contribution is -0.134. The van der Waals surface area contributed by atoms with Gasteiger partial charge >= 0.3 is 0 Å². The molecular weight excluding hydrogens is 294 g/mol. The highest BCUT2D eigenvalue weighted by Gasteiger charge is 2.28. The summed E-state index contributed by atoms with van der Waals surface area (Å²) in [5, 5.41) is 9.17. The summed E-state index contributed by atoms with van der Waals surface area (Å²) in [6, 6.07) is 0.326. The summed E-state index contributed by atoms with van der Waals surface area (Å²) in [4.78, 5) is 29.6. The van der Waals surface area contributed by atoms with E-state index in [-0.39, 0.29) is 36.4 Å². The van der Waals surface area contributed by atoms with Crippen molar-refractivity contribution in [2.75, 3.05) is 27.7 Å². The molecule has 0 aromatic rings. The van der Waals surface area contributed by atoms with Crippen LogP contribution in [0.2, 0.25) is 0 Å². The topological polar surface area (TPSA) is 85.8 Å². The Morgan fingerprint density at radius 3 is 2.52 bits per heavy atom. The van der Waals surface area contributed by atoms with Crippen molar-refractivity contribution in [3.05, 3.63) is 0 Å². The lowest BCUT2D eigenvalue weighted by Gasteiger charge is -2.31. The first kappa shape index (κ1) is 19.3. The molecule has 132 valence electrons. The van der Waals surface area contributed by atoms with Crippen LogP contribution >= 0.6 is 0 Å². The van der Waals surface area contributed by atoms with Crippen molar-refractivity contribution in [3.63, 3.8) is 0 Å². The van der Waals surface area contributed by atoms with Crippen LogP contribution in [0.25, 0.3) is 0 Å². The second-order valence-electron chi connectivity index (χ2n) is 6.59. The van der Waals surface area contributed by atoms with Crippen LogP contribution in [-0.4, -0.2) is 62.4 Å². The number of amides is 2. The number of aliphatic imine (C=N–C) groups is 1. The van der Waals surface area contributed by atoms with E-state index in [1.54, 1.807) is 26.0 Å². The van der Waals surface area contributed by atoms with E-state index in [1.807, 2.05) is 13.8 Å². The van der Waals surface area contributed by atoms with Gasteiger partial charge in [0.15, 0.2) is 5.96 Å². The maximum absolute atomic E-state index is 12.1. The minimum absolute atomic E-state index is 0.0627. The van der Waals surface area contributed by atoms with Crippen LogP contribution in [0, 0.1) is 5.92 Å². The van der Waals surface area contributed by atoms with Crippen LogP contribution in [0.3, 0.4) is 0 Å². The molecule has 2 amide bonds. The molecule has 0 radical (unpaired) electrons. The first-order chi connectivity index (χ1) is 10.8. The van der Waals surface area contributed by atoms with Crippen molar-refractivity contribution in [1.29, 1.82) is 0 Å². The summed E-state index contributed by atoms with van der Waals surface area (Å²) in [5.41, 5.74) is 0. The average Bonchev–Trinajstić information content (AvgIpc) is 2.50. The summed E-state index contributed by atoms with van der Waals surface area (Å²) >= 11 is 0. The molecule has 7 nitrogen and oxygen atoms in total. The third kappa shape index (κ3) is 6.88. The molecule has 0 aromatic heterocycles. The highest BCUT2D eigenvalue weighted by atomic mass is 16.2. The van der Waals surface area contributed by atoms with E-state index in [0.29, 0.717) is 5.96 Å². The maximum atomic E-state index is 12.1. The Kier molecular flexibility index (Phi) is 7.85. The third-order valence-electron chi connectivity index (χ3n) is 3.89. The Balaban J connectivity index is 2.46. The van der Waals surface area contributed by atoms with E-state index in [0.717, 1.165) is 25.7 Å². The predicted octanol–water partition coefficient (Wildman–Crippen LogP) is 0.323. The molecule has 1 rings (SSSR count). The quantitative estimate of drug-likeness (QED) is 0.502. The molecule has 0 spiro atoms. The predicted molar refractivity (Wildman–Crippen MR) is 92.2 cm³/mol. The summed E-state index contributed by atoms with van der Waals surface area (Å²) in [6.45, 7) is 4.04. The minimum atomic E-state index is -0.0627. The zero-order chi connectivity index (χ0) is 17.4. The Bertz CT molecular complexity index is 434. The molecule has 1 aliphatic carbocycles. The molecule has 1 aliphatic rings. The van der Waals surface area contributed by atoms with Crippen LogP contribution in [0.15, 0.2) is 4.99 Å². The van der Waals surface area contributed by atoms with Gasteiger partial charge in [-0.15, -0.1) is 0 Å². The van der Waals surface area contributed by atoms with E-state index < -0.39 is 0 Å². The number of hydrogen-bond donors (Lipinski definition) is 3. The molecular formula is C16H31N5O2. The van der Waals surface area contributed by atoms with E-state index in [1.165, 1.54) is 0 Å². The standard InChI is InChI=1S/C16H31N5O2/c1-11(2)19-14(22)10-18-16(17-3)20-13-8-6-7-12(9-13)15(23)21(4)5/h11-13H,6-10H2,1-5H3,(H,19,22)(H2,17,18,20). The molecule has 23 heavy (non-hydrogen) atoms. The summed E-state index contributed by atoms with van der Waals surface area (Å²) in [5.74, 6) is 0.800. The van der Waals surface area contributed by atoms with E-state index in [2.05, 4.69) is 20.9 Å². The summed E-state index contributed by atoms with van der Waals surface area (Å²) in [6.07, 6.45) is 3.77. The van der Waals surface area contributed by atoms with Crippen LogP contribution in [0.5, 0.6) is 0 Å². The number of nitrogens with one attached hydrogen (secondary N) is 3. The van der Waals surface area contributed by atoms with Gasteiger partial charge in [0.05, 0.1) is 6.54 Å². The molecule has 7 heteroatoms. The number of nitrogens with zero attached hydrogens (tertiary/aromatic N) is 2. The lowest BCUT2D eigenvalue weighted by Crippen LogP contribution is -2.49. The Morgan fingerprint density at radius 1 is 1.26 bits per heavy atom. The van der Waals surface area contributed by atoms with Gasteiger partial charge in [0.1, 0.15) is 0 Å². The van der Waals surface area contributed by atoms with Gasteiger partial charge in [0.2, 0.25) is 11.8 Å². The smallest absolute Gasteiger partial charge is 0.239 e. The lowest BCUT2D eigenvalue weighted by atomic mass is 9.85. The Morgan fingerprint density at radius 2 is 1.96 bits per heavy atom. The first-order valence-corrected chi connectivity index (χ1v) is 8.31. The minimum Gasteiger partial charge on any atom is -0.354 e. The number of carbonyl (C=O) groups excluding carboxylic acids is 2. The maximum Gasteiger partial charge on any atom is 0.239 e. The molecule has 0 saturated heterocycles. The highest BCUT2D eigenvalue weighted by molar-refractivity contribution is 5.86. The first-order valence-electron chi connectivity index (χ1n) is 8.31. The Labute approximate surface area is 139 Å². The normalized spacial score (nSPS) is 21.7. The fraction of sp³-hybridized carbons (Fsp3) is 0.812. The molecule has 0 heterocycles. The summed E-state index contributed by atoms with van der Waals surface area (Å²) in [7, 11) is 5.28. The number of hydrogen-bond acceptors (Lipinski definition) is 3. The second kappa shape index (κ2) is 9.37. The fourth-order valence-corrected chi connectivity index (χ4v) is 2.84. The van der Waals surface area contributed by atoms with Crippen molar-refractivity contribution in [3.8, 4) is 0 Å². The zero-order valence-electron chi connectivity index (χ0n) is 15.0. The molecule has 1 fully saturated rings. The van der Waals surface area contributed by atoms with Gasteiger partial charge in [0, 0.05) is 39.1 Å². The number of rotatable bonds is 5. The molecule has 0 aliphatic heterocycles. The monoisotopic (exact) mass is 325 g/mol. The molecule has 0 bridgehead atoms. The van der Waals surface area contributed by atoms with Gasteiger partial charge in [-0.2, -0.15) is 0 Å². The van der Waals surface area contributed by atoms with Crippen LogP contribution in [0.1, 0.15) is 39.5 Å². The van der Waals surface area contributed by atoms with E-state index in [4.69, 9.17) is 0 Å². The Hall–Kier alpha value is -1.79. The van der Waals surface area contributed by atoms with Crippen molar-refractivity contribution in [1.82, 2.24) is 20.9 Å². The molecule has 0 aromatic carbocycles.